The molecule has 0 spiro atoms. The lowest BCUT2D eigenvalue weighted by Crippen LogP contribution is -2.42. The van der Waals surface area contributed by atoms with Crippen LogP contribution in [0.5, 0.6) is 0 Å². The number of hydrogen-bond acceptors (Lipinski definition) is 5. The van der Waals surface area contributed by atoms with Gasteiger partial charge < -0.3 is 0 Å². The summed E-state index contributed by atoms with van der Waals surface area (Å²) in [6.45, 7) is 2.56. The van der Waals surface area contributed by atoms with Crippen LogP contribution in [0, 0.1) is 12.8 Å². The summed E-state index contributed by atoms with van der Waals surface area (Å²) >= 11 is 0. The number of nitrogens with one attached hydrogen (secondary N) is 1. The van der Waals surface area contributed by atoms with Gasteiger partial charge in [0.05, 0.1) is 11.1 Å². The topological polar surface area (TPSA) is 91.7 Å². The van der Waals surface area contributed by atoms with Crippen LogP contribution in [0.4, 0.5) is 0 Å². The van der Waals surface area contributed by atoms with Gasteiger partial charge in [-0.15, -0.1) is 0 Å². The van der Waals surface area contributed by atoms with E-state index >= 15 is 0 Å². The van der Waals surface area contributed by atoms with Gasteiger partial charge in [-0.2, -0.15) is 9.41 Å². The van der Waals surface area contributed by atoms with Crippen molar-refractivity contribution in [1.82, 2.24) is 14.7 Å². The number of hydrogen-bond donors (Lipinski definition) is 1. The van der Waals surface area contributed by atoms with Gasteiger partial charge in [-0.05, 0) is 49.6 Å². The Morgan fingerprint density at radius 2 is 1.78 bits per heavy atom. The number of aromatic nitrogens is 1. The van der Waals surface area contributed by atoms with E-state index in [0.29, 0.717) is 25.9 Å². The Kier molecular flexibility index (Phi) is 5.98. The Bertz CT molecular complexity index is 904. The molecule has 7 nitrogen and oxygen atoms in total. The summed E-state index contributed by atoms with van der Waals surface area (Å²) in [6, 6.07) is 10.4. The fraction of sp³-hybridized carbons (Fsp3) is 0.316. The lowest BCUT2D eigenvalue weighted by molar-refractivity contribution is -0.126. The molecule has 1 aromatic carbocycles. The van der Waals surface area contributed by atoms with Crippen molar-refractivity contribution in [3.05, 3.63) is 59.9 Å². The van der Waals surface area contributed by atoms with Crippen LogP contribution in [-0.2, 0) is 14.8 Å². The fourth-order valence-corrected chi connectivity index (χ4v) is 4.40. The van der Waals surface area contributed by atoms with E-state index in [4.69, 9.17) is 0 Å². The molecular weight excluding hydrogens is 364 g/mol. The molecule has 27 heavy (non-hydrogen) atoms. The molecule has 3 rings (SSSR count). The molecule has 0 atom stereocenters. The Balaban J connectivity index is 1.54. The van der Waals surface area contributed by atoms with Crippen molar-refractivity contribution >= 4 is 22.1 Å². The van der Waals surface area contributed by atoms with Crippen molar-refractivity contribution in [2.45, 2.75) is 24.7 Å². The maximum Gasteiger partial charge on any atom is 0.243 e. The van der Waals surface area contributed by atoms with Crippen LogP contribution in [0.25, 0.3) is 0 Å². The molecule has 8 heteroatoms. The summed E-state index contributed by atoms with van der Waals surface area (Å²) in [5, 5.41) is 3.96. The van der Waals surface area contributed by atoms with Crippen LogP contribution in [0.2, 0.25) is 0 Å². The molecule has 2 aromatic rings. The summed E-state index contributed by atoms with van der Waals surface area (Å²) in [5.74, 6) is -0.434. The second kappa shape index (κ2) is 8.41. The first-order valence-corrected chi connectivity index (χ1v) is 10.2. The van der Waals surface area contributed by atoms with Crippen molar-refractivity contribution in [1.29, 1.82) is 0 Å². The van der Waals surface area contributed by atoms with Gasteiger partial charge in [-0.1, -0.05) is 17.7 Å². The Labute approximate surface area is 159 Å². The molecule has 0 bridgehead atoms. The van der Waals surface area contributed by atoms with Crippen molar-refractivity contribution in [2.75, 3.05) is 13.1 Å². The van der Waals surface area contributed by atoms with Crippen molar-refractivity contribution in [2.24, 2.45) is 11.0 Å². The highest BCUT2D eigenvalue weighted by molar-refractivity contribution is 7.89. The summed E-state index contributed by atoms with van der Waals surface area (Å²) in [5.41, 5.74) is 4.38. The Morgan fingerprint density at radius 1 is 1.15 bits per heavy atom. The van der Waals surface area contributed by atoms with Gasteiger partial charge in [0, 0.05) is 31.4 Å². The number of rotatable bonds is 5. The van der Waals surface area contributed by atoms with Crippen molar-refractivity contribution in [3.8, 4) is 0 Å². The van der Waals surface area contributed by atoms with Crippen LogP contribution in [0.15, 0.2) is 58.8 Å². The molecule has 1 aromatic heterocycles. The second-order valence-corrected chi connectivity index (χ2v) is 8.44. The number of piperidine rings is 1. The highest BCUT2D eigenvalue weighted by atomic mass is 32.2. The van der Waals surface area contributed by atoms with E-state index in [2.05, 4.69) is 15.5 Å². The van der Waals surface area contributed by atoms with Gasteiger partial charge >= 0.3 is 0 Å². The number of amides is 1. The molecule has 0 aliphatic carbocycles. The highest BCUT2D eigenvalue weighted by Crippen LogP contribution is 2.24. The summed E-state index contributed by atoms with van der Waals surface area (Å²) in [7, 11) is -3.51. The minimum Gasteiger partial charge on any atom is -0.273 e. The molecule has 1 aliphatic heterocycles. The van der Waals surface area contributed by atoms with Crippen LogP contribution in [-0.4, -0.2) is 42.9 Å². The summed E-state index contributed by atoms with van der Waals surface area (Å²) in [6.07, 6.45) is 5.79. The Morgan fingerprint density at radius 3 is 2.41 bits per heavy atom. The maximum absolute atomic E-state index is 12.7. The zero-order chi connectivity index (χ0) is 19.3. The molecule has 1 fully saturated rings. The number of sulfonamides is 1. The molecule has 142 valence electrons. The van der Waals surface area contributed by atoms with E-state index in [1.165, 1.54) is 4.31 Å². The van der Waals surface area contributed by atoms with Gasteiger partial charge in [0.2, 0.25) is 15.9 Å². The first-order chi connectivity index (χ1) is 13.0. The van der Waals surface area contributed by atoms with E-state index in [1.807, 2.05) is 6.92 Å². The Hall–Kier alpha value is -2.58. The number of carbonyl (C=O) groups is 1. The largest absolute Gasteiger partial charge is 0.273 e. The third kappa shape index (κ3) is 4.78. The van der Waals surface area contributed by atoms with Crippen LogP contribution in [0.3, 0.4) is 0 Å². The quantitative estimate of drug-likeness (QED) is 0.628. The van der Waals surface area contributed by atoms with Crippen molar-refractivity contribution < 1.29 is 13.2 Å². The van der Waals surface area contributed by atoms with Gasteiger partial charge in [-0.25, -0.2) is 13.8 Å². The minimum absolute atomic E-state index is 0.187. The van der Waals surface area contributed by atoms with Gasteiger partial charge in [0.15, 0.2) is 0 Å². The predicted molar refractivity (Wildman–Crippen MR) is 103 cm³/mol. The fourth-order valence-electron chi connectivity index (χ4n) is 2.93. The number of pyridine rings is 1. The van der Waals surface area contributed by atoms with Gasteiger partial charge in [0.25, 0.3) is 0 Å². The van der Waals surface area contributed by atoms with Crippen molar-refractivity contribution in [3.63, 3.8) is 0 Å². The summed E-state index contributed by atoms with van der Waals surface area (Å²) in [4.78, 5) is 16.4. The molecule has 0 radical (unpaired) electrons. The number of aryl methyl sites for hydroxylation is 1. The molecule has 1 N–H and O–H groups in total. The zero-order valence-electron chi connectivity index (χ0n) is 15.1. The maximum atomic E-state index is 12.7. The third-order valence-corrected chi connectivity index (χ3v) is 6.49. The van der Waals surface area contributed by atoms with Crippen LogP contribution >= 0.6 is 0 Å². The van der Waals surface area contributed by atoms with Crippen LogP contribution in [0.1, 0.15) is 24.0 Å². The normalized spacial score (nSPS) is 16.5. The molecule has 0 saturated carbocycles. The van der Waals surface area contributed by atoms with Crippen LogP contribution < -0.4 is 5.43 Å². The van der Waals surface area contributed by atoms with Gasteiger partial charge in [-0.3, -0.25) is 9.78 Å². The zero-order valence-corrected chi connectivity index (χ0v) is 15.9. The summed E-state index contributed by atoms with van der Waals surface area (Å²) < 4.78 is 26.8. The van der Waals surface area contributed by atoms with E-state index in [1.54, 1.807) is 55.0 Å². The first kappa shape index (κ1) is 19.2. The lowest BCUT2D eigenvalue weighted by Gasteiger charge is -2.30. The molecule has 1 amide bonds. The van der Waals surface area contributed by atoms with E-state index < -0.39 is 10.0 Å². The lowest BCUT2D eigenvalue weighted by atomic mass is 9.98. The molecular formula is C19H22N4O3S. The minimum atomic E-state index is -3.51. The SMILES string of the molecule is Cc1ccc(S(=O)(=O)N2CCC(C(=O)N/N=C\c3ccncc3)CC2)cc1. The number of nitrogens with zero attached hydrogens (tertiary/aromatic N) is 3. The smallest absolute Gasteiger partial charge is 0.243 e. The predicted octanol–water partition coefficient (Wildman–Crippen LogP) is 1.94. The number of carbonyl (C=O) groups excluding carboxylic acids is 1. The number of benzene rings is 1. The highest BCUT2D eigenvalue weighted by Gasteiger charge is 2.31. The van der Waals surface area contributed by atoms with E-state index in [0.717, 1.165) is 11.1 Å². The monoisotopic (exact) mass is 386 g/mol. The molecule has 1 aliphatic rings. The molecule has 0 unspecified atom stereocenters. The van der Waals surface area contributed by atoms with E-state index in [-0.39, 0.29) is 16.7 Å². The molecule has 2 heterocycles. The first-order valence-electron chi connectivity index (χ1n) is 8.76. The average molecular weight is 386 g/mol. The third-order valence-electron chi connectivity index (χ3n) is 4.58. The number of hydrazone groups is 1. The molecule has 1 saturated heterocycles. The van der Waals surface area contributed by atoms with Gasteiger partial charge in [0.1, 0.15) is 0 Å². The standard InChI is InChI=1S/C19H22N4O3S/c1-15-2-4-18(5-3-15)27(25,26)23-12-8-17(9-13-23)19(24)22-21-14-16-6-10-20-11-7-16/h2-7,10-11,14,17H,8-9,12-13H2,1H3,(H,22,24)/b21-14-. The average Bonchev–Trinajstić information content (AvgIpc) is 2.69. The second-order valence-electron chi connectivity index (χ2n) is 6.51. The van der Waals surface area contributed by atoms with E-state index in [9.17, 15) is 13.2 Å².